The molecule has 0 radical (unpaired) electrons. The Morgan fingerprint density at radius 2 is 0.518 bits per heavy atom. The minimum Gasteiger partial charge on any atom is -0.453 e. The molecule has 10 aromatic carbocycles. The Bertz CT molecular complexity index is 5870. The van der Waals surface area contributed by atoms with E-state index in [-0.39, 0.29) is 0 Å². The smallest absolute Gasteiger partial charge is 0.151 e. The first kappa shape index (κ1) is 72.2. The van der Waals surface area contributed by atoms with E-state index in [9.17, 15) is 0 Å². The molecule has 114 heavy (non-hydrogen) atoms. The van der Waals surface area contributed by atoms with Crippen molar-refractivity contribution in [3.63, 3.8) is 0 Å². The van der Waals surface area contributed by atoms with Gasteiger partial charge in [-0.25, -0.2) is 4.98 Å². The fourth-order valence-electron chi connectivity index (χ4n) is 16.2. The molecular formula is C99H84N14O. The Hall–Kier alpha value is -14.7. The molecular weight excluding hydrogens is 1400 g/mol. The maximum absolute atomic E-state index is 5.81. The van der Waals surface area contributed by atoms with Gasteiger partial charge in [0, 0.05) is 211 Å². The average molecular weight is 1490 g/mol. The van der Waals surface area contributed by atoms with Crippen molar-refractivity contribution in [1.82, 2.24) is 57.3 Å². The van der Waals surface area contributed by atoms with Crippen LogP contribution in [0.3, 0.4) is 0 Å². The predicted octanol–water partition coefficient (Wildman–Crippen LogP) is 23.3. The second kappa shape index (κ2) is 31.7. The second-order valence-corrected chi connectivity index (χ2v) is 28.4. The topological polar surface area (TPSA) is 123 Å². The third kappa shape index (κ3) is 13.6. The van der Waals surface area contributed by atoms with E-state index in [0.717, 1.165) is 51.2 Å². The summed E-state index contributed by atoms with van der Waals surface area (Å²) in [5, 5.41) is 13.8. The van der Waals surface area contributed by atoms with Gasteiger partial charge in [-0.2, -0.15) is 0 Å². The molecule has 0 saturated heterocycles. The second-order valence-electron chi connectivity index (χ2n) is 28.4. The first-order chi connectivity index (χ1) is 56.0. The van der Waals surface area contributed by atoms with Crippen LogP contribution in [0.5, 0.6) is 11.5 Å². The van der Waals surface area contributed by atoms with Gasteiger partial charge in [0.1, 0.15) is 5.65 Å². The molecule has 2 aliphatic rings. The van der Waals surface area contributed by atoms with Crippen molar-refractivity contribution in [1.29, 1.82) is 0 Å². The summed E-state index contributed by atoms with van der Waals surface area (Å²) in [6, 6.07) is 100. The lowest BCUT2D eigenvalue weighted by atomic mass is 9.96. The lowest BCUT2D eigenvalue weighted by Gasteiger charge is -2.29. The zero-order valence-corrected chi connectivity index (χ0v) is 64.9. The largest absolute Gasteiger partial charge is 0.453 e. The van der Waals surface area contributed by atoms with Gasteiger partial charge in [-0.1, -0.05) is 170 Å². The molecule has 0 N–H and O–H groups in total. The van der Waals surface area contributed by atoms with Crippen molar-refractivity contribution in [2.24, 2.45) is 42.3 Å². The van der Waals surface area contributed by atoms with Crippen LogP contribution in [0.25, 0.3) is 131 Å². The van der Waals surface area contributed by atoms with E-state index in [2.05, 4.69) is 354 Å². The Morgan fingerprint density at radius 3 is 1.01 bits per heavy atom. The van der Waals surface area contributed by atoms with E-state index in [0.29, 0.717) is 0 Å². The third-order valence-electron chi connectivity index (χ3n) is 22.0. The van der Waals surface area contributed by atoms with Crippen LogP contribution >= 0.6 is 0 Å². The standard InChI is InChI=1S/C14H13N.C13H11NO.C13H11N.4C12H10N2.C11H9N3/c1-15-13-8-4-2-6-11(13)10-12-7-3-5-9-14(12)15;1-14-10-6-2-4-8-12(10)15-13-9-5-3-7-11(13)14;1-14-12-8-4-2-6-10(12)11-7-3-5-9-13(11)14;1-14-11-7-3-2-5-9(11)10-6-4-8-13-12(10)14;1-14-10-6-3-2-5-9(10)12-11(14)7-4-8-13-12;1-14-11-5-3-2-4-9(11)10-8-13-7-6-12(10)14;1-14-11-5-3-2-4-9(11)10-6-7-13-8-12(10)14;1-14-10-2-4-12-6-8(10)9-7-13-5-3-11(9)14/h2-9H,10H2,1H3;2-9H,1H3;2-9H,1H3;4*2-8H,1H3;2-7H,1H3. The number of hydrogen-bond acceptors (Lipinski definition) is 9. The van der Waals surface area contributed by atoms with Gasteiger partial charge in [0.15, 0.2) is 11.5 Å². The molecule has 0 saturated carbocycles. The van der Waals surface area contributed by atoms with Crippen molar-refractivity contribution >= 4 is 154 Å². The Balaban J connectivity index is 0.0000000941. The number of aromatic nitrogens is 12. The number of benzene rings is 10. The molecule has 0 fully saturated rings. The summed E-state index contributed by atoms with van der Waals surface area (Å²) < 4.78 is 18.9. The molecule has 22 aromatic rings. The van der Waals surface area contributed by atoms with E-state index in [1.165, 1.54) is 132 Å². The minimum atomic E-state index is 0.915. The summed E-state index contributed by atoms with van der Waals surface area (Å²) in [7, 11) is 16.7. The van der Waals surface area contributed by atoms with Crippen LogP contribution in [0.15, 0.2) is 353 Å². The highest BCUT2D eigenvalue weighted by atomic mass is 16.5. The Kier molecular flexibility index (Phi) is 20.1. The van der Waals surface area contributed by atoms with Crippen molar-refractivity contribution in [2.75, 3.05) is 23.9 Å². The maximum atomic E-state index is 5.81. The summed E-state index contributed by atoms with van der Waals surface area (Å²) in [5.74, 6) is 1.83. The first-order valence-electron chi connectivity index (χ1n) is 38.1. The quantitative estimate of drug-likeness (QED) is 0.146. The fourth-order valence-corrected chi connectivity index (χ4v) is 16.2. The van der Waals surface area contributed by atoms with Gasteiger partial charge in [0.05, 0.1) is 61.7 Å². The van der Waals surface area contributed by atoms with Gasteiger partial charge in [-0.05, 0) is 132 Å². The van der Waals surface area contributed by atoms with E-state index >= 15 is 0 Å². The number of ether oxygens (including phenoxy) is 1. The molecule has 0 unspecified atom stereocenters. The lowest BCUT2D eigenvalue weighted by molar-refractivity contribution is 0.475. The molecule has 0 aliphatic carbocycles. The number of para-hydroxylation sites is 12. The van der Waals surface area contributed by atoms with Crippen molar-refractivity contribution in [3.8, 4) is 11.5 Å². The molecule has 15 heteroatoms. The number of aryl methyl sites for hydroxylation is 6. The van der Waals surface area contributed by atoms with Crippen LogP contribution in [0.1, 0.15) is 11.1 Å². The highest BCUT2D eigenvalue weighted by Crippen LogP contribution is 2.45. The minimum absolute atomic E-state index is 0.915. The molecule has 2 aliphatic heterocycles. The van der Waals surface area contributed by atoms with Gasteiger partial charge < -0.3 is 41.9 Å². The highest BCUT2D eigenvalue weighted by molar-refractivity contribution is 6.11. The zero-order valence-electron chi connectivity index (χ0n) is 64.9. The molecule has 0 atom stereocenters. The average Bonchev–Trinajstić information content (AvgIpc) is 1.68. The van der Waals surface area contributed by atoms with Crippen molar-refractivity contribution in [2.45, 2.75) is 6.42 Å². The summed E-state index contributed by atoms with van der Waals surface area (Å²) in [6.07, 6.45) is 19.7. The van der Waals surface area contributed by atoms with Crippen LogP contribution in [-0.4, -0.2) is 71.4 Å². The predicted molar refractivity (Wildman–Crippen MR) is 474 cm³/mol. The van der Waals surface area contributed by atoms with Crippen LogP contribution in [0.2, 0.25) is 0 Å². The van der Waals surface area contributed by atoms with E-state index < -0.39 is 0 Å². The number of nitrogens with zero attached hydrogens (tertiary/aromatic N) is 14. The van der Waals surface area contributed by atoms with Crippen LogP contribution < -0.4 is 14.5 Å². The first-order valence-corrected chi connectivity index (χ1v) is 38.1. The van der Waals surface area contributed by atoms with E-state index in [1.807, 2.05) is 123 Å². The number of fused-ring (bicyclic) bond motifs is 22. The third-order valence-corrected chi connectivity index (χ3v) is 22.0. The number of hydrogen-bond donors (Lipinski definition) is 0. The molecule has 15 nitrogen and oxygen atoms in total. The number of pyridine rings is 6. The van der Waals surface area contributed by atoms with E-state index in [1.54, 1.807) is 0 Å². The lowest BCUT2D eigenvalue weighted by Crippen LogP contribution is -2.18. The SMILES string of the molecule is CN1c2ccccc2Cc2ccccc21.CN1c2ccccc2Oc2ccccc21.Cn1c2ccccc2c2ccccc21.Cn1c2ccccc2c2cccnc21.Cn1c2ccccc2c2ccncc21.Cn1c2ccccc2c2cnccc21.Cn1c2ccccc2c2ncccc21.Cn1c2ccncc2c2cnccc21. The molecule has 0 amide bonds. The zero-order chi connectivity index (χ0) is 77.8. The van der Waals surface area contributed by atoms with Gasteiger partial charge >= 0.3 is 0 Å². The van der Waals surface area contributed by atoms with Gasteiger partial charge in [0.25, 0.3) is 0 Å². The number of anilines is 4. The van der Waals surface area contributed by atoms with Crippen molar-refractivity contribution in [3.05, 3.63) is 364 Å². The van der Waals surface area contributed by atoms with Gasteiger partial charge in [-0.3, -0.25) is 24.9 Å². The van der Waals surface area contributed by atoms with Crippen LogP contribution in [-0.2, 0) is 48.7 Å². The summed E-state index contributed by atoms with van der Waals surface area (Å²) in [6.45, 7) is 0. The molecule has 556 valence electrons. The van der Waals surface area contributed by atoms with Crippen molar-refractivity contribution < 1.29 is 4.74 Å². The van der Waals surface area contributed by atoms with Gasteiger partial charge in [-0.15, -0.1) is 0 Å². The van der Waals surface area contributed by atoms with Gasteiger partial charge in [0.2, 0.25) is 0 Å². The molecule has 0 bridgehead atoms. The van der Waals surface area contributed by atoms with E-state index in [4.69, 9.17) is 4.74 Å². The maximum Gasteiger partial charge on any atom is 0.151 e. The normalized spacial score (nSPS) is 11.7. The molecule has 0 spiro atoms. The highest BCUT2D eigenvalue weighted by Gasteiger charge is 2.21. The fraction of sp³-hybridized carbons (Fsp3) is 0.0909. The number of rotatable bonds is 0. The monoisotopic (exact) mass is 1480 g/mol. The van der Waals surface area contributed by atoms with Crippen LogP contribution in [0, 0.1) is 0 Å². The molecule has 12 aromatic heterocycles. The molecule has 14 heterocycles. The summed E-state index contributed by atoms with van der Waals surface area (Å²) >= 11 is 0. The van der Waals surface area contributed by atoms with Crippen LogP contribution in [0.4, 0.5) is 22.7 Å². The molecule has 24 rings (SSSR count). The summed E-state index contributed by atoms with van der Waals surface area (Å²) in [5.41, 5.74) is 23.4. The Morgan fingerprint density at radius 1 is 0.219 bits per heavy atom. The summed E-state index contributed by atoms with van der Waals surface area (Å²) in [4.78, 5) is 29.8. The Labute approximate surface area is 660 Å².